The predicted octanol–water partition coefficient (Wildman–Crippen LogP) is 0.841. The highest BCUT2D eigenvalue weighted by Crippen LogP contribution is 2.25. The molecule has 5 nitrogen and oxygen atoms in total. The normalized spacial score (nSPS) is 18.2. The first-order valence-electron chi connectivity index (χ1n) is 4.42. The van der Waals surface area contributed by atoms with E-state index >= 15 is 0 Å². The van der Waals surface area contributed by atoms with Crippen molar-refractivity contribution >= 4 is 8.25 Å². The average Bonchev–Trinajstić information content (AvgIpc) is 2.04. The van der Waals surface area contributed by atoms with E-state index in [0.717, 1.165) is 12.8 Å². The first kappa shape index (κ1) is 13.1. The smallest absolute Gasteiger partial charge is 0.320 e. The van der Waals surface area contributed by atoms with Gasteiger partial charge in [-0.3, -0.25) is 9.09 Å². The van der Waals surface area contributed by atoms with Gasteiger partial charge < -0.3 is 16.0 Å². The molecular formula is C7H19N2O3P. The average molecular weight is 210 g/mol. The molecule has 6 heteroatoms. The van der Waals surface area contributed by atoms with E-state index in [2.05, 4.69) is 0 Å². The van der Waals surface area contributed by atoms with Crippen LogP contribution in [0.1, 0.15) is 26.7 Å². The summed E-state index contributed by atoms with van der Waals surface area (Å²) in [7, 11) is -2.46. The molecule has 0 aromatic heterocycles. The second-order valence-corrected chi connectivity index (χ2v) is 3.92. The number of rotatable bonds is 7. The van der Waals surface area contributed by atoms with Gasteiger partial charge >= 0.3 is 8.25 Å². The lowest BCUT2D eigenvalue weighted by molar-refractivity contribution is 0.150. The van der Waals surface area contributed by atoms with Crippen LogP contribution in [0, 0.1) is 0 Å². The Bertz CT molecular complexity index is 155. The van der Waals surface area contributed by atoms with Gasteiger partial charge in [-0.1, -0.05) is 13.3 Å². The Kier molecular flexibility index (Phi) is 7.51. The van der Waals surface area contributed by atoms with Gasteiger partial charge in [0.2, 0.25) is 0 Å². The van der Waals surface area contributed by atoms with Crippen molar-refractivity contribution in [3.63, 3.8) is 0 Å². The molecule has 3 atom stereocenters. The summed E-state index contributed by atoms with van der Waals surface area (Å²) in [4.78, 5) is 0. The standard InChI is InChI=1S/C7H19N2O3P/c1-3-4-5-11-13(10)12-7(9)6(2)8/h6-7,13H,3-5,8-9H2,1-2H3. The van der Waals surface area contributed by atoms with Crippen molar-refractivity contribution in [2.75, 3.05) is 6.61 Å². The third-order valence-electron chi connectivity index (χ3n) is 1.47. The highest BCUT2D eigenvalue weighted by Gasteiger charge is 2.11. The van der Waals surface area contributed by atoms with Gasteiger partial charge in [-0.05, 0) is 13.3 Å². The zero-order valence-corrected chi connectivity index (χ0v) is 9.16. The summed E-state index contributed by atoms with van der Waals surface area (Å²) in [6.07, 6.45) is 1.15. The molecule has 0 aromatic rings. The van der Waals surface area contributed by atoms with Crippen molar-refractivity contribution < 1.29 is 13.6 Å². The van der Waals surface area contributed by atoms with Crippen LogP contribution in [0.25, 0.3) is 0 Å². The minimum absolute atomic E-state index is 0.344. The molecule has 0 aliphatic rings. The Morgan fingerprint density at radius 2 is 2.08 bits per heavy atom. The van der Waals surface area contributed by atoms with E-state index in [4.69, 9.17) is 20.5 Å². The van der Waals surface area contributed by atoms with E-state index in [-0.39, 0.29) is 6.04 Å². The first-order valence-corrected chi connectivity index (χ1v) is 5.65. The highest BCUT2D eigenvalue weighted by atomic mass is 31.1. The van der Waals surface area contributed by atoms with Crippen LogP contribution >= 0.6 is 8.25 Å². The van der Waals surface area contributed by atoms with Crippen molar-refractivity contribution in [3.8, 4) is 0 Å². The van der Waals surface area contributed by atoms with Gasteiger partial charge in [-0.25, -0.2) is 0 Å². The zero-order chi connectivity index (χ0) is 10.3. The van der Waals surface area contributed by atoms with E-state index < -0.39 is 14.5 Å². The number of unbranched alkanes of at least 4 members (excludes halogenated alkanes) is 1. The molecule has 0 aromatic carbocycles. The SMILES string of the molecule is CCCCO[PH](=O)OC(N)C(C)N. The van der Waals surface area contributed by atoms with Crippen LogP contribution in [-0.4, -0.2) is 18.9 Å². The van der Waals surface area contributed by atoms with E-state index in [9.17, 15) is 4.57 Å². The lowest BCUT2D eigenvalue weighted by Gasteiger charge is -2.15. The first-order chi connectivity index (χ1) is 6.07. The zero-order valence-electron chi connectivity index (χ0n) is 8.16. The molecule has 0 saturated heterocycles. The molecule has 0 aliphatic heterocycles. The molecule has 0 amide bonds. The Balaban J connectivity index is 3.50. The van der Waals surface area contributed by atoms with E-state index in [0.29, 0.717) is 6.61 Å². The van der Waals surface area contributed by atoms with Crippen LogP contribution in [0.3, 0.4) is 0 Å². The molecule has 80 valence electrons. The minimum atomic E-state index is -2.46. The van der Waals surface area contributed by atoms with Gasteiger partial charge in [0.05, 0.1) is 6.61 Å². The summed E-state index contributed by atoms with van der Waals surface area (Å²) in [5, 5.41) is 0. The van der Waals surface area contributed by atoms with Gasteiger partial charge in [0.1, 0.15) is 6.23 Å². The Hall–Kier alpha value is 0.0700. The summed E-state index contributed by atoms with van der Waals surface area (Å²) in [6.45, 7) is 4.15. The Morgan fingerprint density at radius 1 is 1.46 bits per heavy atom. The van der Waals surface area contributed by atoms with Crippen LogP contribution in [0.5, 0.6) is 0 Å². The van der Waals surface area contributed by atoms with Crippen LogP contribution < -0.4 is 11.5 Å². The Labute approximate surface area is 79.7 Å². The quantitative estimate of drug-likeness (QED) is 0.369. The molecular weight excluding hydrogens is 191 g/mol. The molecule has 0 fully saturated rings. The maximum Gasteiger partial charge on any atom is 0.320 e. The van der Waals surface area contributed by atoms with E-state index in [1.54, 1.807) is 6.92 Å². The molecule has 0 heterocycles. The van der Waals surface area contributed by atoms with Gasteiger partial charge in [-0.2, -0.15) is 0 Å². The van der Waals surface area contributed by atoms with Crippen molar-refractivity contribution in [3.05, 3.63) is 0 Å². The highest BCUT2D eigenvalue weighted by molar-refractivity contribution is 7.33. The molecule has 0 spiro atoms. The third kappa shape index (κ3) is 7.16. The van der Waals surface area contributed by atoms with Crippen molar-refractivity contribution in [2.24, 2.45) is 11.5 Å². The van der Waals surface area contributed by atoms with Crippen LogP contribution in [0.4, 0.5) is 0 Å². The second-order valence-electron chi connectivity index (χ2n) is 2.89. The van der Waals surface area contributed by atoms with Crippen molar-refractivity contribution in [1.82, 2.24) is 0 Å². The molecule has 0 aliphatic carbocycles. The van der Waals surface area contributed by atoms with Gasteiger partial charge in [0, 0.05) is 6.04 Å². The van der Waals surface area contributed by atoms with Crippen molar-refractivity contribution in [2.45, 2.75) is 39.0 Å². The number of nitrogens with two attached hydrogens (primary N) is 2. The monoisotopic (exact) mass is 210 g/mol. The van der Waals surface area contributed by atoms with Gasteiger partial charge in [-0.15, -0.1) is 0 Å². The maximum absolute atomic E-state index is 11.0. The minimum Gasteiger partial charge on any atom is -0.325 e. The summed E-state index contributed by atoms with van der Waals surface area (Å²) in [5.74, 6) is 0. The fourth-order valence-corrected chi connectivity index (χ4v) is 1.37. The summed E-state index contributed by atoms with van der Waals surface area (Å²) < 4.78 is 20.8. The number of hydrogen-bond acceptors (Lipinski definition) is 5. The number of hydrogen-bond donors (Lipinski definition) is 2. The second kappa shape index (κ2) is 7.47. The summed E-state index contributed by atoms with van der Waals surface area (Å²) in [5.41, 5.74) is 10.8. The lowest BCUT2D eigenvalue weighted by atomic mass is 10.3. The van der Waals surface area contributed by atoms with Gasteiger partial charge in [0.15, 0.2) is 0 Å². The van der Waals surface area contributed by atoms with Gasteiger partial charge in [0.25, 0.3) is 0 Å². The molecule has 4 N–H and O–H groups in total. The molecule has 0 bridgehead atoms. The van der Waals surface area contributed by atoms with E-state index in [1.807, 2.05) is 6.92 Å². The molecule has 0 saturated carbocycles. The molecule has 13 heavy (non-hydrogen) atoms. The topological polar surface area (TPSA) is 87.6 Å². The fourth-order valence-electron chi connectivity index (χ4n) is 0.552. The Morgan fingerprint density at radius 3 is 2.54 bits per heavy atom. The lowest BCUT2D eigenvalue weighted by Crippen LogP contribution is -2.39. The third-order valence-corrected chi connectivity index (χ3v) is 2.37. The molecule has 0 rings (SSSR count). The predicted molar refractivity (Wildman–Crippen MR) is 52.6 cm³/mol. The van der Waals surface area contributed by atoms with Crippen LogP contribution in [0.15, 0.2) is 0 Å². The maximum atomic E-state index is 11.0. The summed E-state index contributed by atoms with van der Waals surface area (Å²) >= 11 is 0. The van der Waals surface area contributed by atoms with E-state index in [1.165, 1.54) is 0 Å². The van der Waals surface area contributed by atoms with Crippen LogP contribution in [-0.2, 0) is 13.6 Å². The molecule has 0 radical (unpaired) electrons. The largest absolute Gasteiger partial charge is 0.325 e. The van der Waals surface area contributed by atoms with Crippen LogP contribution in [0.2, 0.25) is 0 Å². The fraction of sp³-hybridized carbons (Fsp3) is 1.00. The summed E-state index contributed by atoms with van der Waals surface area (Å²) in [6, 6.07) is -0.344. The van der Waals surface area contributed by atoms with Crippen molar-refractivity contribution in [1.29, 1.82) is 0 Å². The molecule has 3 unspecified atom stereocenters.